The van der Waals surface area contributed by atoms with E-state index in [-0.39, 0.29) is 24.2 Å². The lowest BCUT2D eigenvalue weighted by atomic mass is 10.1. The molecule has 142 valence electrons. The second-order valence-electron chi connectivity index (χ2n) is 6.26. The maximum atomic E-state index is 13.6. The van der Waals surface area contributed by atoms with Crippen LogP contribution in [0.2, 0.25) is 5.02 Å². The number of amides is 2. The molecule has 0 saturated heterocycles. The van der Waals surface area contributed by atoms with Crippen molar-refractivity contribution in [2.24, 2.45) is 0 Å². The quantitative estimate of drug-likeness (QED) is 0.639. The normalized spacial score (nSPS) is 10.4. The van der Waals surface area contributed by atoms with Crippen LogP contribution in [-0.4, -0.2) is 11.8 Å². The number of nitrogens with one attached hydrogen (secondary N) is 2. The fourth-order valence-corrected chi connectivity index (χ4v) is 2.79. The Balaban J connectivity index is 1.64. The molecule has 2 amide bonds. The number of rotatable bonds is 5. The fraction of sp³-hybridized carbons (Fsp3) is 0.0909. The number of halogens is 2. The molecule has 6 heteroatoms. The second kappa shape index (κ2) is 8.67. The SMILES string of the molecule is Cc1ccc(Cl)cc1NC(=O)c1ccc(C(=O)NCc2ccccc2F)cc1. The van der Waals surface area contributed by atoms with Gasteiger partial charge in [-0.25, -0.2) is 4.39 Å². The maximum Gasteiger partial charge on any atom is 0.255 e. The molecule has 0 fully saturated rings. The molecule has 3 aromatic carbocycles. The zero-order valence-electron chi connectivity index (χ0n) is 15.1. The molecule has 0 heterocycles. The van der Waals surface area contributed by atoms with Gasteiger partial charge in [-0.2, -0.15) is 0 Å². The molecule has 3 rings (SSSR count). The topological polar surface area (TPSA) is 58.2 Å². The summed E-state index contributed by atoms with van der Waals surface area (Å²) in [5, 5.41) is 6.00. The van der Waals surface area contributed by atoms with Gasteiger partial charge >= 0.3 is 0 Å². The summed E-state index contributed by atoms with van der Waals surface area (Å²) in [4.78, 5) is 24.6. The van der Waals surface area contributed by atoms with Gasteiger partial charge in [-0.1, -0.05) is 35.9 Å². The highest BCUT2D eigenvalue weighted by Gasteiger charge is 2.11. The molecule has 4 nitrogen and oxygen atoms in total. The average molecular weight is 397 g/mol. The van der Waals surface area contributed by atoms with Crippen LogP contribution in [0, 0.1) is 12.7 Å². The van der Waals surface area contributed by atoms with E-state index in [2.05, 4.69) is 10.6 Å². The predicted molar refractivity (Wildman–Crippen MR) is 108 cm³/mol. The highest BCUT2D eigenvalue weighted by Crippen LogP contribution is 2.21. The summed E-state index contributed by atoms with van der Waals surface area (Å²) in [6.07, 6.45) is 0. The summed E-state index contributed by atoms with van der Waals surface area (Å²) >= 11 is 5.97. The van der Waals surface area contributed by atoms with E-state index < -0.39 is 0 Å². The first-order valence-corrected chi connectivity index (χ1v) is 9.01. The second-order valence-corrected chi connectivity index (χ2v) is 6.70. The van der Waals surface area contributed by atoms with Gasteiger partial charge in [0.2, 0.25) is 0 Å². The van der Waals surface area contributed by atoms with Gasteiger partial charge in [-0.15, -0.1) is 0 Å². The smallest absolute Gasteiger partial charge is 0.255 e. The third kappa shape index (κ3) is 4.75. The van der Waals surface area contributed by atoms with E-state index >= 15 is 0 Å². The van der Waals surface area contributed by atoms with Crippen molar-refractivity contribution < 1.29 is 14.0 Å². The molecule has 28 heavy (non-hydrogen) atoms. The van der Waals surface area contributed by atoms with E-state index in [9.17, 15) is 14.0 Å². The monoisotopic (exact) mass is 396 g/mol. The molecular weight excluding hydrogens is 379 g/mol. The van der Waals surface area contributed by atoms with Gasteiger partial charge in [0.25, 0.3) is 11.8 Å². The van der Waals surface area contributed by atoms with Crippen LogP contribution in [0.5, 0.6) is 0 Å². The first-order chi connectivity index (χ1) is 13.4. The minimum Gasteiger partial charge on any atom is -0.348 e. The van der Waals surface area contributed by atoms with Gasteiger partial charge in [0.05, 0.1) is 0 Å². The van der Waals surface area contributed by atoms with Gasteiger partial charge < -0.3 is 10.6 Å². The highest BCUT2D eigenvalue weighted by atomic mass is 35.5. The Labute approximate surface area is 167 Å². The van der Waals surface area contributed by atoms with Crippen LogP contribution in [-0.2, 0) is 6.54 Å². The van der Waals surface area contributed by atoms with Gasteiger partial charge in [-0.3, -0.25) is 9.59 Å². The van der Waals surface area contributed by atoms with Crippen molar-refractivity contribution in [3.8, 4) is 0 Å². The molecule has 0 radical (unpaired) electrons. The van der Waals surface area contributed by atoms with Crippen molar-refractivity contribution in [2.45, 2.75) is 13.5 Å². The number of anilines is 1. The number of hydrogen-bond acceptors (Lipinski definition) is 2. The third-order valence-electron chi connectivity index (χ3n) is 4.25. The van der Waals surface area contributed by atoms with Crippen LogP contribution < -0.4 is 10.6 Å². The van der Waals surface area contributed by atoms with Crippen molar-refractivity contribution in [2.75, 3.05) is 5.32 Å². The molecule has 0 aromatic heterocycles. The van der Waals surface area contributed by atoms with Crippen LogP contribution in [0.15, 0.2) is 66.7 Å². The van der Waals surface area contributed by atoms with Gasteiger partial charge in [0.1, 0.15) is 5.82 Å². The summed E-state index contributed by atoms with van der Waals surface area (Å²) in [5.74, 6) is -1.02. The number of hydrogen-bond donors (Lipinski definition) is 2. The van der Waals surface area contributed by atoms with Gasteiger partial charge in [0.15, 0.2) is 0 Å². The van der Waals surface area contributed by atoms with E-state index in [4.69, 9.17) is 11.6 Å². The molecule has 0 unspecified atom stereocenters. The fourth-order valence-electron chi connectivity index (χ4n) is 2.62. The number of benzene rings is 3. The van der Waals surface area contributed by atoms with E-state index in [0.29, 0.717) is 27.4 Å². The van der Waals surface area contributed by atoms with Crippen LogP contribution in [0.25, 0.3) is 0 Å². The molecular formula is C22H18ClFN2O2. The first-order valence-electron chi connectivity index (χ1n) is 8.63. The van der Waals surface area contributed by atoms with Crippen molar-refractivity contribution in [1.29, 1.82) is 0 Å². The molecule has 0 aliphatic heterocycles. The molecule has 0 aliphatic carbocycles. The van der Waals surface area contributed by atoms with Crippen LogP contribution in [0.4, 0.5) is 10.1 Å². The minimum atomic E-state index is -0.369. The Hall–Kier alpha value is -3.18. The third-order valence-corrected chi connectivity index (χ3v) is 4.49. The van der Waals surface area contributed by atoms with E-state index in [1.165, 1.54) is 6.07 Å². The standard InChI is InChI=1S/C22H18ClFN2O2/c1-14-6-11-18(23)12-20(14)26-22(28)16-9-7-15(8-10-16)21(27)25-13-17-4-2-3-5-19(17)24/h2-12H,13H2,1H3,(H,25,27)(H,26,28). The van der Waals surface area contributed by atoms with Crippen LogP contribution in [0.3, 0.4) is 0 Å². The van der Waals surface area contributed by atoms with Gasteiger partial charge in [0, 0.05) is 33.9 Å². The lowest BCUT2D eigenvalue weighted by Gasteiger charge is -2.10. The molecule has 0 saturated carbocycles. The molecule has 2 N–H and O–H groups in total. The average Bonchev–Trinajstić information content (AvgIpc) is 2.70. The van der Waals surface area contributed by atoms with Crippen molar-refractivity contribution >= 4 is 29.1 Å². The maximum absolute atomic E-state index is 13.6. The van der Waals surface area contributed by atoms with E-state index in [1.807, 2.05) is 13.0 Å². The van der Waals surface area contributed by atoms with E-state index in [0.717, 1.165) is 5.56 Å². The molecule has 0 atom stereocenters. The van der Waals surface area contributed by atoms with Crippen LogP contribution in [0.1, 0.15) is 31.8 Å². The Kier molecular flexibility index (Phi) is 6.06. The van der Waals surface area contributed by atoms with Crippen molar-refractivity contribution in [3.05, 3.63) is 99.8 Å². The number of carbonyl (C=O) groups excluding carboxylic acids is 2. The van der Waals surface area contributed by atoms with Gasteiger partial charge in [-0.05, 0) is 55.0 Å². The van der Waals surface area contributed by atoms with Crippen LogP contribution >= 0.6 is 11.6 Å². The predicted octanol–water partition coefficient (Wildman–Crippen LogP) is 4.97. The summed E-state index contributed by atoms with van der Waals surface area (Å²) in [5.41, 5.74) is 2.71. The Morgan fingerprint density at radius 1 is 0.929 bits per heavy atom. The molecule has 0 aliphatic rings. The van der Waals surface area contributed by atoms with Crippen molar-refractivity contribution in [1.82, 2.24) is 5.32 Å². The zero-order chi connectivity index (χ0) is 20.1. The highest BCUT2D eigenvalue weighted by molar-refractivity contribution is 6.31. The minimum absolute atomic E-state index is 0.0851. The number of aryl methyl sites for hydroxylation is 1. The molecule has 3 aromatic rings. The Bertz CT molecular complexity index is 1020. The molecule has 0 bridgehead atoms. The summed E-state index contributed by atoms with van der Waals surface area (Å²) in [7, 11) is 0. The molecule has 0 spiro atoms. The first kappa shape index (κ1) is 19.6. The lowest BCUT2D eigenvalue weighted by molar-refractivity contribution is 0.0948. The number of carbonyl (C=O) groups is 2. The summed E-state index contributed by atoms with van der Waals surface area (Å²) < 4.78 is 13.6. The summed E-state index contributed by atoms with van der Waals surface area (Å²) in [6.45, 7) is 1.96. The lowest BCUT2D eigenvalue weighted by Crippen LogP contribution is -2.23. The Morgan fingerprint density at radius 3 is 2.25 bits per heavy atom. The summed E-state index contributed by atoms with van der Waals surface area (Å²) in [6, 6.07) is 17.7. The van der Waals surface area contributed by atoms with E-state index in [1.54, 1.807) is 54.6 Å². The van der Waals surface area contributed by atoms with Crippen molar-refractivity contribution in [3.63, 3.8) is 0 Å². The largest absolute Gasteiger partial charge is 0.348 e. The Morgan fingerprint density at radius 2 is 1.57 bits per heavy atom. The zero-order valence-corrected chi connectivity index (χ0v) is 15.9.